The molecule has 188 valence electrons. The summed E-state index contributed by atoms with van der Waals surface area (Å²) in [5.41, 5.74) is 21.2. The summed E-state index contributed by atoms with van der Waals surface area (Å²) in [7, 11) is 1.62. The lowest BCUT2D eigenvalue weighted by atomic mass is 9.82. The summed E-state index contributed by atoms with van der Waals surface area (Å²) in [5.74, 6) is 2.86. The van der Waals surface area contributed by atoms with Crippen LogP contribution in [0.2, 0.25) is 5.02 Å². The Morgan fingerprint density at radius 2 is 1.78 bits per heavy atom. The third-order valence-corrected chi connectivity index (χ3v) is 7.14. The van der Waals surface area contributed by atoms with E-state index in [1.807, 2.05) is 60.2 Å². The SMILES string of the molecule is CCOc1ccc(-n2cc3c(N)nnc(N4CCC(N)(c5ccc(Cl)cc5)CC4)c3c2N)c(OC)c1. The smallest absolute Gasteiger partial charge is 0.163 e. The fourth-order valence-corrected chi connectivity index (χ4v) is 5.00. The first-order chi connectivity index (χ1) is 17.3. The molecule has 0 atom stereocenters. The number of piperidine rings is 1. The highest BCUT2D eigenvalue weighted by atomic mass is 35.5. The van der Waals surface area contributed by atoms with Gasteiger partial charge in [0, 0.05) is 41.3 Å². The molecule has 5 rings (SSSR count). The number of methoxy groups -OCH3 is 1. The van der Waals surface area contributed by atoms with Gasteiger partial charge >= 0.3 is 0 Å². The Morgan fingerprint density at radius 3 is 2.44 bits per heavy atom. The van der Waals surface area contributed by atoms with Crippen LogP contribution in [0.25, 0.3) is 16.5 Å². The van der Waals surface area contributed by atoms with Crippen LogP contribution in [0, 0.1) is 0 Å². The molecular weight excluding hydrogens is 478 g/mol. The quantitative estimate of drug-likeness (QED) is 0.355. The van der Waals surface area contributed by atoms with Gasteiger partial charge in [-0.2, -0.15) is 0 Å². The predicted molar refractivity (Wildman–Crippen MR) is 144 cm³/mol. The van der Waals surface area contributed by atoms with E-state index in [-0.39, 0.29) is 0 Å². The minimum atomic E-state index is -0.436. The summed E-state index contributed by atoms with van der Waals surface area (Å²) < 4.78 is 13.1. The fraction of sp³-hybridized carbons (Fsp3) is 0.308. The molecule has 3 heterocycles. The zero-order chi connectivity index (χ0) is 25.4. The van der Waals surface area contributed by atoms with Crippen LogP contribution in [0.3, 0.4) is 0 Å². The average Bonchev–Trinajstić information content (AvgIpc) is 3.23. The van der Waals surface area contributed by atoms with Crippen LogP contribution < -0.4 is 31.6 Å². The van der Waals surface area contributed by atoms with E-state index in [0.29, 0.717) is 47.9 Å². The highest BCUT2D eigenvalue weighted by Crippen LogP contribution is 2.40. The van der Waals surface area contributed by atoms with Crippen LogP contribution in [0.5, 0.6) is 11.5 Å². The van der Waals surface area contributed by atoms with Gasteiger partial charge in [-0.25, -0.2) is 0 Å². The molecule has 9 nitrogen and oxygen atoms in total. The second kappa shape index (κ2) is 9.40. The van der Waals surface area contributed by atoms with Crippen LogP contribution in [-0.2, 0) is 5.54 Å². The lowest BCUT2D eigenvalue weighted by Gasteiger charge is -2.40. The standard InChI is InChI=1S/C26H30ClN7O2/c1-3-36-18-8-9-20(21(14-18)35-2)34-15-19-22(24(34)29)25(32-31-23(19)28)33-12-10-26(30,11-13-33)16-4-6-17(27)7-5-16/h4-9,14-15H,3,10-13,29-30H2,1-2H3,(H2,28,31). The van der Waals surface area contributed by atoms with Gasteiger partial charge in [0.2, 0.25) is 0 Å². The Balaban J connectivity index is 1.50. The molecule has 0 amide bonds. The summed E-state index contributed by atoms with van der Waals surface area (Å²) in [6, 6.07) is 13.4. The molecule has 6 N–H and O–H groups in total. The molecule has 1 aliphatic rings. The predicted octanol–water partition coefficient (Wildman–Crippen LogP) is 4.10. The van der Waals surface area contributed by atoms with Gasteiger partial charge in [0.05, 0.1) is 24.8 Å². The zero-order valence-corrected chi connectivity index (χ0v) is 21.1. The van der Waals surface area contributed by atoms with Crippen molar-refractivity contribution >= 4 is 39.8 Å². The normalized spacial score (nSPS) is 15.3. The van der Waals surface area contributed by atoms with E-state index >= 15 is 0 Å². The van der Waals surface area contributed by atoms with E-state index in [9.17, 15) is 0 Å². The molecule has 0 saturated carbocycles. The number of fused-ring (bicyclic) bond motifs is 1. The third-order valence-electron chi connectivity index (χ3n) is 6.89. The molecule has 2 aromatic carbocycles. The number of nitrogen functional groups attached to an aromatic ring is 2. The molecule has 1 saturated heterocycles. The molecule has 10 heteroatoms. The minimum absolute atomic E-state index is 0.315. The van der Waals surface area contributed by atoms with Crippen molar-refractivity contribution in [1.82, 2.24) is 14.8 Å². The molecule has 4 aromatic rings. The maximum absolute atomic E-state index is 6.80. The topological polar surface area (TPSA) is 130 Å². The van der Waals surface area contributed by atoms with Crippen LogP contribution in [0.4, 0.5) is 17.5 Å². The van der Waals surface area contributed by atoms with E-state index < -0.39 is 5.54 Å². The van der Waals surface area contributed by atoms with E-state index in [0.717, 1.165) is 40.6 Å². The average molecular weight is 508 g/mol. The van der Waals surface area contributed by atoms with Crippen LogP contribution >= 0.6 is 11.6 Å². The van der Waals surface area contributed by atoms with Crippen molar-refractivity contribution in [2.24, 2.45) is 5.73 Å². The summed E-state index contributed by atoms with van der Waals surface area (Å²) in [6.07, 6.45) is 3.37. The molecule has 1 aliphatic heterocycles. The molecule has 0 bridgehead atoms. The number of ether oxygens (including phenoxy) is 2. The maximum Gasteiger partial charge on any atom is 0.163 e. The molecule has 1 fully saturated rings. The first-order valence-electron chi connectivity index (χ1n) is 11.9. The Hall–Kier alpha value is -3.69. The van der Waals surface area contributed by atoms with Crippen molar-refractivity contribution < 1.29 is 9.47 Å². The Labute approximate surface area is 214 Å². The van der Waals surface area contributed by atoms with Crippen molar-refractivity contribution in [2.45, 2.75) is 25.3 Å². The highest BCUT2D eigenvalue weighted by Gasteiger charge is 2.34. The van der Waals surface area contributed by atoms with Gasteiger partial charge in [0.25, 0.3) is 0 Å². The largest absolute Gasteiger partial charge is 0.494 e. The minimum Gasteiger partial charge on any atom is -0.494 e. The van der Waals surface area contributed by atoms with E-state index in [1.54, 1.807) is 7.11 Å². The van der Waals surface area contributed by atoms with E-state index in [2.05, 4.69) is 15.1 Å². The molecule has 0 radical (unpaired) electrons. The van der Waals surface area contributed by atoms with E-state index in [4.69, 9.17) is 38.3 Å². The number of nitrogens with two attached hydrogens (primary N) is 3. The summed E-state index contributed by atoms with van der Waals surface area (Å²) in [6.45, 7) is 3.90. The molecule has 36 heavy (non-hydrogen) atoms. The molecule has 0 unspecified atom stereocenters. The first kappa shape index (κ1) is 24.0. The number of hydrogen-bond acceptors (Lipinski definition) is 8. The number of rotatable bonds is 6. The van der Waals surface area contributed by atoms with Crippen molar-refractivity contribution in [3.05, 3.63) is 59.2 Å². The highest BCUT2D eigenvalue weighted by molar-refractivity contribution is 6.30. The monoisotopic (exact) mass is 507 g/mol. The van der Waals surface area contributed by atoms with Gasteiger partial charge in [0.1, 0.15) is 17.3 Å². The summed E-state index contributed by atoms with van der Waals surface area (Å²) in [5, 5.41) is 10.9. The Morgan fingerprint density at radius 1 is 1.06 bits per heavy atom. The van der Waals surface area contributed by atoms with Crippen LogP contribution in [0.1, 0.15) is 25.3 Å². The van der Waals surface area contributed by atoms with Gasteiger partial charge < -0.3 is 31.6 Å². The van der Waals surface area contributed by atoms with Crippen molar-refractivity contribution in [2.75, 3.05) is 43.2 Å². The lowest BCUT2D eigenvalue weighted by Crippen LogP contribution is -2.48. The molecular formula is C26H30ClN7O2. The van der Waals surface area contributed by atoms with E-state index in [1.165, 1.54) is 0 Å². The lowest BCUT2D eigenvalue weighted by molar-refractivity contribution is 0.336. The van der Waals surface area contributed by atoms with Crippen LogP contribution in [-0.4, -0.2) is 41.6 Å². The Kier molecular flexibility index (Phi) is 6.27. The van der Waals surface area contributed by atoms with Gasteiger partial charge in [-0.1, -0.05) is 23.7 Å². The van der Waals surface area contributed by atoms with Gasteiger partial charge in [-0.3, -0.25) is 4.57 Å². The number of benzene rings is 2. The van der Waals surface area contributed by atoms with Gasteiger partial charge in [0.15, 0.2) is 11.6 Å². The van der Waals surface area contributed by atoms with Crippen molar-refractivity contribution in [3.63, 3.8) is 0 Å². The molecule has 2 aromatic heterocycles. The second-order valence-electron chi connectivity index (χ2n) is 9.00. The first-order valence-corrected chi connectivity index (χ1v) is 12.3. The van der Waals surface area contributed by atoms with Crippen LogP contribution in [0.15, 0.2) is 48.7 Å². The number of halogens is 1. The number of nitrogens with zero attached hydrogens (tertiary/aromatic N) is 4. The molecule has 0 aliphatic carbocycles. The zero-order valence-electron chi connectivity index (χ0n) is 20.4. The van der Waals surface area contributed by atoms with Crippen molar-refractivity contribution in [3.8, 4) is 17.2 Å². The summed E-state index contributed by atoms with van der Waals surface area (Å²) in [4.78, 5) is 2.17. The number of aromatic nitrogens is 3. The Bertz CT molecular complexity index is 1400. The second-order valence-corrected chi connectivity index (χ2v) is 9.44. The maximum atomic E-state index is 6.80. The van der Waals surface area contributed by atoms with Crippen molar-refractivity contribution in [1.29, 1.82) is 0 Å². The fourth-order valence-electron chi connectivity index (χ4n) is 4.88. The number of hydrogen-bond donors (Lipinski definition) is 3. The van der Waals surface area contributed by atoms with Gasteiger partial charge in [-0.05, 0) is 49.6 Å². The third kappa shape index (κ3) is 4.14. The van der Waals surface area contributed by atoms with Gasteiger partial charge in [-0.15, -0.1) is 10.2 Å². The summed E-state index contributed by atoms with van der Waals surface area (Å²) >= 11 is 6.07. The molecule has 0 spiro atoms. The number of anilines is 3.